The molecule has 0 bridgehead atoms. The second kappa shape index (κ2) is 6.25. The third-order valence-electron chi connectivity index (χ3n) is 2.13. The quantitative estimate of drug-likeness (QED) is 0.504. The fourth-order valence-electron chi connectivity index (χ4n) is 1.17. The summed E-state index contributed by atoms with van der Waals surface area (Å²) in [7, 11) is 0. The van der Waals surface area contributed by atoms with Crippen LogP contribution in [0.4, 0.5) is 27.6 Å². The highest BCUT2D eigenvalue weighted by Gasteiger charge is 2.63. The van der Waals surface area contributed by atoms with Crippen LogP contribution >= 0.6 is 11.8 Å². The Morgan fingerprint density at radius 1 is 1.25 bits per heavy atom. The highest BCUT2D eigenvalue weighted by atomic mass is 32.2. The average Bonchev–Trinajstić information content (AvgIpc) is 2.36. The fraction of sp³-hybridized carbons (Fsp3) is 0.250. The van der Waals surface area contributed by atoms with E-state index in [-0.39, 0.29) is 5.69 Å². The van der Waals surface area contributed by atoms with Gasteiger partial charge in [0, 0.05) is 10.6 Å². The molecule has 1 aromatic carbocycles. The van der Waals surface area contributed by atoms with Crippen molar-refractivity contribution in [1.82, 2.24) is 0 Å². The van der Waals surface area contributed by atoms with Crippen molar-refractivity contribution in [3.05, 3.63) is 36.9 Å². The van der Waals surface area contributed by atoms with Gasteiger partial charge >= 0.3 is 18.0 Å². The number of halogens is 5. The van der Waals surface area contributed by atoms with Crippen molar-refractivity contribution in [2.24, 2.45) is 0 Å². The van der Waals surface area contributed by atoms with Gasteiger partial charge in [0.15, 0.2) is 0 Å². The number of hydrogen-bond acceptors (Lipinski definition) is 2. The van der Waals surface area contributed by atoms with Crippen LogP contribution in [0, 0.1) is 0 Å². The normalized spacial score (nSPS) is 12.1. The summed E-state index contributed by atoms with van der Waals surface area (Å²) in [6.07, 6.45) is -4.39. The lowest BCUT2D eigenvalue weighted by Crippen LogP contribution is -2.47. The number of alkyl halides is 5. The number of carbonyl (C=O) groups excluding carboxylic acids is 1. The van der Waals surface area contributed by atoms with Gasteiger partial charge in [0.05, 0.1) is 5.69 Å². The van der Waals surface area contributed by atoms with Gasteiger partial charge < -0.3 is 5.32 Å². The van der Waals surface area contributed by atoms with Gasteiger partial charge in [-0.05, 0) is 12.1 Å². The van der Waals surface area contributed by atoms with Crippen molar-refractivity contribution in [3.8, 4) is 0 Å². The van der Waals surface area contributed by atoms with E-state index in [9.17, 15) is 26.7 Å². The first-order chi connectivity index (χ1) is 9.20. The van der Waals surface area contributed by atoms with Crippen LogP contribution in [-0.2, 0) is 4.79 Å². The third-order valence-corrected chi connectivity index (χ3v) is 3.20. The number of anilines is 1. The van der Waals surface area contributed by atoms with Crippen molar-refractivity contribution >= 4 is 23.4 Å². The van der Waals surface area contributed by atoms with Gasteiger partial charge in [-0.3, -0.25) is 4.79 Å². The summed E-state index contributed by atoms with van der Waals surface area (Å²) in [4.78, 5) is 11.5. The van der Waals surface area contributed by atoms with Crippen LogP contribution in [0.25, 0.3) is 0 Å². The number of para-hydroxylation sites is 1. The minimum atomic E-state index is -5.93. The van der Waals surface area contributed by atoms with Crippen LogP contribution in [0.5, 0.6) is 0 Å². The van der Waals surface area contributed by atoms with E-state index in [0.29, 0.717) is 10.6 Å². The summed E-state index contributed by atoms with van der Waals surface area (Å²) < 4.78 is 61.8. The third kappa shape index (κ3) is 3.72. The lowest BCUT2D eigenvalue weighted by molar-refractivity contribution is -0.267. The van der Waals surface area contributed by atoms with E-state index in [0.717, 1.165) is 11.8 Å². The average molecular weight is 311 g/mol. The van der Waals surface area contributed by atoms with E-state index in [1.54, 1.807) is 11.4 Å². The van der Waals surface area contributed by atoms with E-state index in [4.69, 9.17) is 0 Å². The maximum atomic E-state index is 12.8. The van der Waals surface area contributed by atoms with Crippen molar-refractivity contribution in [3.63, 3.8) is 0 Å². The number of hydrogen-bond donors (Lipinski definition) is 1. The molecule has 1 amide bonds. The minimum absolute atomic E-state index is 0.103. The lowest BCUT2D eigenvalue weighted by atomic mass is 10.2. The Morgan fingerprint density at radius 3 is 2.40 bits per heavy atom. The van der Waals surface area contributed by atoms with Crippen LogP contribution in [0.2, 0.25) is 0 Å². The molecular weight excluding hydrogens is 301 g/mol. The van der Waals surface area contributed by atoms with Gasteiger partial charge in [0.2, 0.25) is 0 Å². The zero-order valence-electron chi connectivity index (χ0n) is 10.0. The Bertz CT molecular complexity index is 501. The molecule has 0 radical (unpaired) electrons. The van der Waals surface area contributed by atoms with E-state index >= 15 is 0 Å². The maximum absolute atomic E-state index is 12.8. The Hall–Kier alpha value is -1.57. The number of nitrogens with one attached hydrogen (secondary N) is 1. The number of carbonyl (C=O) groups is 1. The maximum Gasteiger partial charge on any atom is 0.463 e. The van der Waals surface area contributed by atoms with Gasteiger partial charge in [-0.1, -0.05) is 18.2 Å². The van der Waals surface area contributed by atoms with Crippen LogP contribution < -0.4 is 5.32 Å². The molecule has 0 spiro atoms. The standard InChI is InChI=1S/C12H10F5NOS/c1-2-7-20-9-6-4-3-5-8(9)18-10(19)11(13,14)12(15,16)17/h2-6H,1,7H2,(H,18,19). The molecule has 0 heterocycles. The molecule has 8 heteroatoms. The molecule has 110 valence electrons. The van der Waals surface area contributed by atoms with E-state index < -0.39 is 18.0 Å². The number of thioether (sulfide) groups is 1. The smallest absolute Gasteiger partial charge is 0.319 e. The van der Waals surface area contributed by atoms with Crippen LogP contribution in [-0.4, -0.2) is 23.8 Å². The highest BCUT2D eigenvalue weighted by molar-refractivity contribution is 7.99. The molecule has 0 aliphatic rings. The molecule has 0 atom stereocenters. The summed E-state index contributed by atoms with van der Waals surface area (Å²) in [5, 5.41) is 1.60. The van der Waals surface area contributed by atoms with Gasteiger partial charge in [0.1, 0.15) is 0 Å². The monoisotopic (exact) mass is 311 g/mol. The minimum Gasteiger partial charge on any atom is -0.319 e. The molecule has 1 aromatic rings. The molecule has 0 saturated heterocycles. The topological polar surface area (TPSA) is 29.1 Å². The van der Waals surface area contributed by atoms with Crippen molar-refractivity contribution in [2.45, 2.75) is 17.0 Å². The largest absolute Gasteiger partial charge is 0.463 e. The summed E-state index contributed by atoms with van der Waals surface area (Å²) in [5.74, 6) is -7.43. The number of rotatable bonds is 5. The van der Waals surface area contributed by atoms with Gasteiger partial charge in [-0.15, -0.1) is 18.3 Å². The Balaban J connectivity index is 2.93. The first kappa shape index (κ1) is 16.5. The summed E-state index contributed by atoms with van der Waals surface area (Å²) in [6.45, 7) is 3.46. The SMILES string of the molecule is C=CCSc1ccccc1NC(=O)C(F)(F)C(F)(F)F. The number of amides is 1. The van der Waals surface area contributed by atoms with Crippen LogP contribution in [0.3, 0.4) is 0 Å². The first-order valence-corrected chi connectivity index (χ1v) is 6.27. The zero-order chi connectivity index (χ0) is 15.4. The predicted octanol–water partition coefficient (Wildman–Crippen LogP) is 4.10. The highest BCUT2D eigenvalue weighted by Crippen LogP contribution is 2.37. The Labute approximate surface area is 116 Å². The molecule has 1 rings (SSSR count). The van der Waals surface area contributed by atoms with Gasteiger partial charge in [-0.2, -0.15) is 22.0 Å². The molecule has 0 aliphatic heterocycles. The molecule has 1 N–H and O–H groups in total. The van der Waals surface area contributed by atoms with Gasteiger partial charge in [0.25, 0.3) is 0 Å². The van der Waals surface area contributed by atoms with Crippen LogP contribution in [0.1, 0.15) is 0 Å². The first-order valence-electron chi connectivity index (χ1n) is 5.29. The molecule has 0 fully saturated rings. The lowest BCUT2D eigenvalue weighted by Gasteiger charge is -2.19. The number of benzene rings is 1. The Morgan fingerprint density at radius 2 is 1.85 bits per heavy atom. The summed E-state index contributed by atoms with van der Waals surface area (Å²) in [5.41, 5.74) is -0.103. The molecular formula is C12H10F5NOS. The summed E-state index contributed by atoms with van der Waals surface area (Å²) >= 11 is 1.15. The van der Waals surface area contributed by atoms with Crippen molar-refractivity contribution < 1.29 is 26.7 Å². The summed E-state index contributed by atoms with van der Waals surface area (Å²) in [6, 6.07) is 5.73. The molecule has 20 heavy (non-hydrogen) atoms. The van der Waals surface area contributed by atoms with E-state index in [2.05, 4.69) is 6.58 Å². The fourth-order valence-corrected chi connectivity index (χ4v) is 1.92. The molecule has 0 aromatic heterocycles. The zero-order valence-corrected chi connectivity index (χ0v) is 10.8. The van der Waals surface area contributed by atoms with E-state index in [1.165, 1.54) is 24.3 Å². The molecule has 0 unspecified atom stereocenters. The second-order valence-electron chi connectivity index (χ2n) is 3.62. The van der Waals surface area contributed by atoms with E-state index in [1.807, 2.05) is 0 Å². The van der Waals surface area contributed by atoms with Gasteiger partial charge in [-0.25, -0.2) is 0 Å². The van der Waals surface area contributed by atoms with Crippen molar-refractivity contribution in [2.75, 3.05) is 11.1 Å². The molecule has 0 saturated carbocycles. The molecule has 2 nitrogen and oxygen atoms in total. The van der Waals surface area contributed by atoms with Crippen molar-refractivity contribution in [1.29, 1.82) is 0 Å². The second-order valence-corrected chi connectivity index (χ2v) is 4.68. The van der Waals surface area contributed by atoms with Crippen LogP contribution in [0.15, 0.2) is 41.8 Å². The predicted molar refractivity (Wildman–Crippen MR) is 67.0 cm³/mol. The molecule has 0 aliphatic carbocycles. The Kier molecular flexibility index (Phi) is 5.15.